The van der Waals surface area contributed by atoms with Gasteiger partial charge in [-0.15, -0.1) is 11.8 Å². The third kappa shape index (κ3) is 8.38. The number of nitrogens with zero attached hydrogens (tertiary/aromatic N) is 3. The normalized spacial score (nSPS) is 13.1. The van der Waals surface area contributed by atoms with E-state index in [0.29, 0.717) is 39.2 Å². The number of aliphatic carboxylic acids is 1. The van der Waals surface area contributed by atoms with Gasteiger partial charge in [-0.25, -0.2) is 9.59 Å². The molecule has 4 aromatic rings. The second kappa shape index (κ2) is 15.6. The fraction of sp³-hybridized carbons (Fsp3) is 0.273. The summed E-state index contributed by atoms with van der Waals surface area (Å²) in [6.45, 7) is 2.92. The predicted octanol–water partition coefficient (Wildman–Crippen LogP) is 5.91. The van der Waals surface area contributed by atoms with Crippen LogP contribution in [0.1, 0.15) is 27.9 Å². The SMILES string of the molecule is Cc1c(Cl)cccc1OCCOC(=O)N1CCSc2c(-c3cnn(Cc4cc(C(=O)NCCC(O)C(=O)O)ccc4Cl)c3)cccc21. The number of fused-ring (bicyclic) bond motifs is 1. The number of thioether (sulfide) groups is 1. The van der Waals surface area contributed by atoms with Crippen LogP contribution < -0.4 is 15.0 Å². The summed E-state index contributed by atoms with van der Waals surface area (Å²) in [4.78, 5) is 39.1. The number of anilines is 1. The average molecular weight is 700 g/mol. The molecule has 1 aliphatic heterocycles. The quantitative estimate of drug-likeness (QED) is 0.154. The summed E-state index contributed by atoms with van der Waals surface area (Å²) in [6, 6.07) is 16.0. The third-order valence-electron chi connectivity index (χ3n) is 7.42. The largest absolute Gasteiger partial charge is 0.490 e. The molecule has 0 radical (unpaired) electrons. The molecule has 11 nitrogen and oxygen atoms in total. The first kappa shape index (κ1) is 34.1. The molecule has 1 unspecified atom stereocenters. The minimum atomic E-state index is -1.55. The zero-order chi connectivity index (χ0) is 33.5. The summed E-state index contributed by atoms with van der Waals surface area (Å²) < 4.78 is 13.0. The van der Waals surface area contributed by atoms with Crippen LogP contribution in [0.5, 0.6) is 5.75 Å². The first-order chi connectivity index (χ1) is 22.6. The van der Waals surface area contributed by atoms with Crippen LogP contribution in [0.3, 0.4) is 0 Å². The van der Waals surface area contributed by atoms with Crippen LogP contribution in [0.15, 0.2) is 71.9 Å². The van der Waals surface area contributed by atoms with E-state index in [2.05, 4.69) is 10.4 Å². The smallest absolute Gasteiger partial charge is 0.414 e. The lowest BCUT2D eigenvalue weighted by molar-refractivity contribution is -0.146. The lowest BCUT2D eigenvalue weighted by Gasteiger charge is -2.29. The predicted molar refractivity (Wildman–Crippen MR) is 180 cm³/mol. The van der Waals surface area contributed by atoms with Gasteiger partial charge < -0.3 is 25.0 Å². The topological polar surface area (TPSA) is 143 Å². The molecule has 3 aromatic carbocycles. The number of nitrogens with one attached hydrogen (secondary N) is 1. The van der Waals surface area contributed by atoms with Crippen LogP contribution in [-0.4, -0.2) is 76.1 Å². The van der Waals surface area contributed by atoms with Crippen molar-refractivity contribution in [2.45, 2.75) is 30.9 Å². The van der Waals surface area contributed by atoms with E-state index >= 15 is 0 Å². The highest BCUT2D eigenvalue weighted by atomic mass is 35.5. The van der Waals surface area contributed by atoms with Gasteiger partial charge in [0, 0.05) is 68.7 Å². The Labute approximate surface area is 285 Å². The van der Waals surface area contributed by atoms with E-state index in [1.807, 2.05) is 37.4 Å². The van der Waals surface area contributed by atoms with Crippen molar-refractivity contribution in [1.29, 1.82) is 0 Å². The zero-order valence-electron chi connectivity index (χ0n) is 25.3. The van der Waals surface area contributed by atoms with Gasteiger partial charge in [0.2, 0.25) is 0 Å². The first-order valence-corrected chi connectivity index (χ1v) is 16.4. The van der Waals surface area contributed by atoms with Crippen LogP contribution >= 0.6 is 35.0 Å². The van der Waals surface area contributed by atoms with E-state index in [0.717, 1.165) is 27.3 Å². The zero-order valence-corrected chi connectivity index (χ0v) is 27.6. The van der Waals surface area contributed by atoms with E-state index in [4.69, 9.17) is 37.8 Å². The number of aliphatic hydroxyl groups excluding tert-OH is 1. The number of ether oxygens (including phenoxy) is 2. The molecule has 1 aromatic heterocycles. The molecule has 5 rings (SSSR count). The number of aromatic nitrogens is 2. The fourth-order valence-electron chi connectivity index (χ4n) is 4.92. The molecule has 1 aliphatic rings. The van der Waals surface area contributed by atoms with E-state index < -0.39 is 24.1 Å². The molecule has 14 heteroatoms. The Morgan fingerprint density at radius 3 is 2.70 bits per heavy atom. The Hall–Kier alpha value is -4.23. The molecule has 0 bridgehead atoms. The van der Waals surface area contributed by atoms with Gasteiger partial charge in [0.1, 0.15) is 19.0 Å². The van der Waals surface area contributed by atoms with Gasteiger partial charge in [0.25, 0.3) is 5.91 Å². The fourth-order valence-corrected chi connectivity index (χ4v) is 6.41. The number of hydrogen-bond acceptors (Lipinski definition) is 8. The molecule has 0 fully saturated rings. The standard InChI is InChI=1S/C33H32Cl2N4O7S/c1-20-25(34)5-3-7-29(20)45-13-14-46-33(44)39-12-15-47-30-24(4-2-6-27(30)39)23-17-37-38(19-23)18-22-16-21(8-9-26(22)35)31(41)36-11-10-28(40)32(42)43/h2-9,16-17,19,28,40H,10-15,18H2,1H3,(H,36,41)(H,42,43). The third-order valence-corrected chi connectivity index (χ3v) is 9.31. The van der Waals surface area contributed by atoms with E-state index in [1.54, 1.807) is 57.9 Å². The van der Waals surface area contributed by atoms with Gasteiger partial charge in [0.05, 0.1) is 18.4 Å². The lowest BCUT2D eigenvalue weighted by atomic mass is 10.1. The van der Waals surface area contributed by atoms with Gasteiger partial charge in [0.15, 0.2) is 6.10 Å². The maximum Gasteiger partial charge on any atom is 0.414 e. The Morgan fingerprint density at radius 2 is 1.89 bits per heavy atom. The van der Waals surface area contributed by atoms with Gasteiger partial charge in [-0.2, -0.15) is 5.10 Å². The highest BCUT2D eigenvalue weighted by Gasteiger charge is 2.27. The van der Waals surface area contributed by atoms with Crippen LogP contribution in [0.4, 0.5) is 10.5 Å². The van der Waals surface area contributed by atoms with Crippen molar-refractivity contribution in [3.05, 3.63) is 93.7 Å². The van der Waals surface area contributed by atoms with Crippen molar-refractivity contribution >= 4 is 58.6 Å². The Bertz CT molecular complexity index is 1780. The Balaban J connectivity index is 1.23. The maximum atomic E-state index is 13.1. The van der Waals surface area contributed by atoms with E-state index in [1.165, 1.54) is 0 Å². The summed E-state index contributed by atoms with van der Waals surface area (Å²) in [5, 5.41) is 26.4. The first-order valence-electron chi connectivity index (χ1n) is 14.7. The summed E-state index contributed by atoms with van der Waals surface area (Å²) in [5.74, 6) is -0.430. The number of carboxylic acids is 1. The molecular weight excluding hydrogens is 667 g/mol. The number of rotatable bonds is 12. The summed E-state index contributed by atoms with van der Waals surface area (Å²) in [6.07, 6.45) is 1.49. The number of amides is 2. The lowest BCUT2D eigenvalue weighted by Crippen LogP contribution is -2.36. The molecule has 0 spiro atoms. The van der Waals surface area contributed by atoms with Crippen LogP contribution in [-0.2, 0) is 16.1 Å². The Kier molecular flexibility index (Phi) is 11.3. The van der Waals surface area contributed by atoms with Gasteiger partial charge >= 0.3 is 12.1 Å². The van der Waals surface area contributed by atoms with Crippen molar-refractivity contribution in [2.75, 3.05) is 37.0 Å². The second-order valence-electron chi connectivity index (χ2n) is 10.6. The molecular formula is C33H32Cl2N4O7S. The molecule has 1 atom stereocenters. The number of halogens is 2. The molecule has 246 valence electrons. The van der Waals surface area contributed by atoms with Crippen molar-refractivity contribution in [3.63, 3.8) is 0 Å². The highest BCUT2D eigenvalue weighted by molar-refractivity contribution is 7.99. The highest BCUT2D eigenvalue weighted by Crippen LogP contribution is 2.42. The van der Waals surface area contributed by atoms with Crippen molar-refractivity contribution in [2.24, 2.45) is 0 Å². The summed E-state index contributed by atoms with van der Waals surface area (Å²) in [7, 11) is 0. The van der Waals surface area contributed by atoms with Crippen molar-refractivity contribution in [3.8, 4) is 16.9 Å². The van der Waals surface area contributed by atoms with Gasteiger partial charge in [-0.05, 0) is 48.9 Å². The number of aliphatic hydroxyl groups is 1. The molecule has 2 amide bonds. The second-order valence-corrected chi connectivity index (χ2v) is 12.5. The molecule has 0 aliphatic carbocycles. The molecule has 3 N–H and O–H groups in total. The Morgan fingerprint density at radius 1 is 1.09 bits per heavy atom. The van der Waals surface area contributed by atoms with Crippen LogP contribution in [0.2, 0.25) is 10.0 Å². The van der Waals surface area contributed by atoms with Crippen molar-refractivity contribution in [1.82, 2.24) is 15.1 Å². The van der Waals surface area contributed by atoms with Gasteiger partial charge in [-0.3, -0.25) is 14.4 Å². The minimum absolute atomic E-state index is 0.000546. The van der Waals surface area contributed by atoms with Crippen LogP contribution in [0.25, 0.3) is 11.1 Å². The summed E-state index contributed by atoms with van der Waals surface area (Å²) >= 11 is 14.3. The van der Waals surface area contributed by atoms with Crippen molar-refractivity contribution < 1.29 is 34.1 Å². The van der Waals surface area contributed by atoms with Gasteiger partial charge in [-0.1, -0.05) is 41.4 Å². The molecule has 2 heterocycles. The molecule has 0 saturated carbocycles. The monoisotopic (exact) mass is 698 g/mol. The van der Waals surface area contributed by atoms with E-state index in [-0.39, 0.29) is 32.7 Å². The minimum Gasteiger partial charge on any atom is -0.490 e. The number of carbonyl (C=O) groups excluding carboxylic acids is 2. The number of carboxylic acid groups (broad SMARTS) is 1. The van der Waals surface area contributed by atoms with Crippen LogP contribution in [0, 0.1) is 6.92 Å². The summed E-state index contributed by atoms with van der Waals surface area (Å²) in [5.41, 5.74) is 4.34. The molecule has 47 heavy (non-hydrogen) atoms. The average Bonchev–Trinajstić information content (AvgIpc) is 3.53. The molecule has 0 saturated heterocycles. The number of benzene rings is 3. The maximum absolute atomic E-state index is 13.1. The number of hydrogen-bond donors (Lipinski definition) is 3. The number of carbonyl (C=O) groups is 3. The van der Waals surface area contributed by atoms with E-state index in [9.17, 15) is 19.5 Å².